The van der Waals surface area contributed by atoms with E-state index in [1.54, 1.807) is 17.8 Å². The Kier molecular flexibility index (Phi) is 8.38. The topological polar surface area (TPSA) is 103 Å². The summed E-state index contributed by atoms with van der Waals surface area (Å²) >= 11 is 0. The highest BCUT2D eigenvalue weighted by atomic mass is 16.5. The molecular formula is C23H32N6O3. The van der Waals surface area contributed by atoms with Crippen LogP contribution in [0.4, 0.5) is 10.7 Å². The number of benzene rings is 1. The van der Waals surface area contributed by atoms with Crippen molar-refractivity contribution in [2.75, 3.05) is 25.6 Å². The summed E-state index contributed by atoms with van der Waals surface area (Å²) in [5.41, 5.74) is 1.73. The fourth-order valence-corrected chi connectivity index (χ4v) is 3.30. The van der Waals surface area contributed by atoms with Crippen LogP contribution >= 0.6 is 0 Å². The van der Waals surface area contributed by atoms with Crippen LogP contribution in [-0.2, 0) is 4.74 Å². The highest BCUT2D eigenvalue weighted by Gasteiger charge is 2.14. The van der Waals surface area contributed by atoms with Crippen molar-refractivity contribution in [3.8, 4) is 17.0 Å². The first-order chi connectivity index (χ1) is 15.5. The number of amides is 2. The molecule has 1 aromatic carbocycles. The number of rotatable bonds is 11. The van der Waals surface area contributed by atoms with Crippen LogP contribution in [0.2, 0.25) is 0 Å². The second-order valence-electron chi connectivity index (χ2n) is 8.17. The standard InChI is InChI=1S/C23H32N6O3/c1-16(2)6-5-7-17(3)25-23(30)27-21-26-22-24-13-12-20(29(22)28-21)18-8-10-19(11-9-18)32-15-14-31-4/h8-13,16-17H,5-7,14-15H2,1-4H3,(H2,25,27,28,30). The largest absolute Gasteiger partial charge is 0.491 e. The first-order valence-corrected chi connectivity index (χ1v) is 11.0. The summed E-state index contributed by atoms with van der Waals surface area (Å²) in [7, 11) is 1.64. The molecule has 3 rings (SSSR count). The summed E-state index contributed by atoms with van der Waals surface area (Å²) in [6, 6.07) is 9.27. The molecule has 9 nitrogen and oxygen atoms in total. The number of fused-ring (bicyclic) bond motifs is 1. The second-order valence-corrected chi connectivity index (χ2v) is 8.17. The van der Waals surface area contributed by atoms with Crippen LogP contribution < -0.4 is 15.4 Å². The van der Waals surface area contributed by atoms with Gasteiger partial charge in [0, 0.05) is 24.9 Å². The normalized spacial score (nSPS) is 12.2. The zero-order valence-electron chi connectivity index (χ0n) is 19.2. The average molecular weight is 441 g/mol. The molecule has 0 radical (unpaired) electrons. The van der Waals surface area contributed by atoms with Gasteiger partial charge in [0.15, 0.2) is 0 Å². The Balaban J connectivity index is 1.65. The maximum atomic E-state index is 12.3. The molecule has 0 bridgehead atoms. The molecule has 32 heavy (non-hydrogen) atoms. The molecule has 2 amide bonds. The van der Waals surface area contributed by atoms with E-state index in [1.165, 1.54) is 0 Å². The van der Waals surface area contributed by atoms with E-state index in [2.05, 4.69) is 39.5 Å². The molecule has 0 aliphatic rings. The first-order valence-electron chi connectivity index (χ1n) is 11.0. The van der Waals surface area contributed by atoms with Gasteiger partial charge in [-0.1, -0.05) is 26.7 Å². The van der Waals surface area contributed by atoms with Gasteiger partial charge in [-0.05, 0) is 49.6 Å². The van der Waals surface area contributed by atoms with Gasteiger partial charge in [-0.25, -0.2) is 9.78 Å². The highest BCUT2D eigenvalue weighted by molar-refractivity contribution is 5.87. The molecule has 0 fully saturated rings. The number of hydrogen-bond acceptors (Lipinski definition) is 6. The quantitative estimate of drug-likeness (QED) is 0.434. The van der Waals surface area contributed by atoms with E-state index in [9.17, 15) is 4.79 Å². The van der Waals surface area contributed by atoms with E-state index in [0.717, 1.165) is 36.3 Å². The Morgan fingerprint density at radius 1 is 1.09 bits per heavy atom. The van der Waals surface area contributed by atoms with Gasteiger partial charge in [0.25, 0.3) is 11.7 Å². The molecule has 9 heteroatoms. The molecule has 0 saturated heterocycles. The summed E-state index contributed by atoms with van der Waals surface area (Å²) in [4.78, 5) is 20.9. The molecule has 0 saturated carbocycles. The van der Waals surface area contributed by atoms with E-state index in [1.807, 2.05) is 37.3 Å². The summed E-state index contributed by atoms with van der Waals surface area (Å²) in [6.45, 7) is 7.43. The van der Waals surface area contributed by atoms with Crippen LogP contribution in [0, 0.1) is 5.92 Å². The van der Waals surface area contributed by atoms with Crippen molar-refractivity contribution in [3.63, 3.8) is 0 Å². The molecule has 2 N–H and O–H groups in total. The number of aromatic nitrogens is 4. The zero-order valence-corrected chi connectivity index (χ0v) is 19.2. The van der Waals surface area contributed by atoms with Crippen LogP contribution in [0.3, 0.4) is 0 Å². The number of urea groups is 1. The lowest BCUT2D eigenvalue weighted by molar-refractivity contribution is 0.146. The Morgan fingerprint density at radius 2 is 1.88 bits per heavy atom. The lowest BCUT2D eigenvalue weighted by atomic mass is 10.0. The molecule has 1 atom stereocenters. The highest BCUT2D eigenvalue weighted by Crippen LogP contribution is 2.23. The van der Waals surface area contributed by atoms with Gasteiger partial charge < -0.3 is 14.8 Å². The van der Waals surface area contributed by atoms with Crippen LogP contribution in [-0.4, -0.2) is 52.0 Å². The smallest absolute Gasteiger partial charge is 0.321 e. The van der Waals surface area contributed by atoms with Gasteiger partial charge in [-0.15, -0.1) is 5.10 Å². The SMILES string of the molecule is COCCOc1ccc(-c2ccnc3nc(NC(=O)NC(C)CCCC(C)C)nn23)cc1. The molecule has 0 spiro atoms. The monoisotopic (exact) mass is 440 g/mol. The lowest BCUT2D eigenvalue weighted by Crippen LogP contribution is -2.36. The zero-order chi connectivity index (χ0) is 22.9. The molecule has 0 aliphatic carbocycles. The van der Waals surface area contributed by atoms with Crippen LogP contribution in [0.5, 0.6) is 5.75 Å². The maximum Gasteiger partial charge on any atom is 0.321 e. The average Bonchev–Trinajstić information content (AvgIpc) is 3.16. The van der Waals surface area contributed by atoms with Gasteiger partial charge >= 0.3 is 6.03 Å². The van der Waals surface area contributed by atoms with Gasteiger partial charge in [-0.2, -0.15) is 9.50 Å². The van der Waals surface area contributed by atoms with Crippen molar-refractivity contribution in [2.24, 2.45) is 5.92 Å². The van der Waals surface area contributed by atoms with Gasteiger partial charge in [0.1, 0.15) is 12.4 Å². The van der Waals surface area contributed by atoms with Crippen molar-refractivity contribution in [1.29, 1.82) is 0 Å². The van der Waals surface area contributed by atoms with Gasteiger partial charge in [-0.3, -0.25) is 5.32 Å². The van der Waals surface area contributed by atoms with Crippen molar-refractivity contribution in [3.05, 3.63) is 36.5 Å². The van der Waals surface area contributed by atoms with E-state index < -0.39 is 0 Å². The number of nitrogens with zero attached hydrogens (tertiary/aromatic N) is 4. The van der Waals surface area contributed by atoms with Crippen molar-refractivity contribution >= 4 is 17.8 Å². The number of nitrogens with one attached hydrogen (secondary N) is 2. The number of carbonyl (C=O) groups excluding carboxylic acids is 1. The maximum absolute atomic E-state index is 12.3. The van der Waals surface area contributed by atoms with E-state index in [0.29, 0.717) is 24.9 Å². The summed E-state index contributed by atoms with van der Waals surface area (Å²) in [5, 5.41) is 10.1. The molecule has 172 valence electrons. The minimum atomic E-state index is -0.322. The summed E-state index contributed by atoms with van der Waals surface area (Å²) < 4.78 is 12.2. The molecule has 3 aromatic rings. The van der Waals surface area contributed by atoms with Gasteiger partial charge in [0.05, 0.1) is 12.3 Å². The fourth-order valence-electron chi connectivity index (χ4n) is 3.30. The van der Waals surface area contributed by atoms with Crippen molar-refractivity contribution in [2.45, 2.75) is 46.1 Å². The predicted octanol–water partition coefficient (Wildman–Crippen LogP) is 4.15. The third-order valence-corrected chi connectivity index (χ3v) is 4.97. The predicted molar refractivity (Wildman–Crippen MR) is 124 cm³/mol. The van der Waals surface area contributed by atoms with E-state index >= 15 is 0 Å². The molecule has 2 aromatic heterocycles. The van der Waals surface area contributed by atoms with Gasteiger partial charge in [0.2, 0.25) is 0 Å². The number of ether oxygens (including phenoxy) is 2. The second kappa shape index (κ2) is 11.4. The van der Waals surface area contributed by atoms with Crippen molar-refractivity contribution < 1.29 is 14.3 Å². The minimum absolute atomic E-state index is 0.0732. The van der Waals surface area contributed by atoms with Crippen LogP contribution in [0.1, 0.15) is 40.0 Å². The summed E-state index contributed by atoms with van der Waals surface area (Å²) in [5.74, 6) is 2.04. The molecule has 0 aliphatic heterocycles. The Hall–Kier alpha value is -3.20. The lowest BCUT2D eigenvalue weighted by Gasteiger charge is -2.14. The molecule has 2 heterocycles. The summed E-state index contributed by atoms with van der Waals surface area (Å²) in [6.07, 6.45) is 4.83. The third kappa shape index (κ3) is 6.65. The Bertz CT molecular complexity index is 1000. The molecular weight excluding hydrogens is 408 g/mol. The first kappa shape index (κ1) is 23.5. The Morgan fingerprint density at radius 3 is 2.59 bits per heavy atom. The number of carbonyl (C=O) groups is 1. The number of methoxy groups -OCH3 is 1. The fraction of sp³-hybridized carbons (Fsp3) is 0.478. The molecule has 1 unspecified atom stereocenters. The number of anilines is 1. The van der Waals surface area contributed by atoms with Crippen molar-refractivity contribution in [1.82, 2.24) is 24.9 Å². The third-order valence-electron chi connectivity index (χ3n) is 4.97. The van der Waals surface area contributed by atoms with E-state index in [-0.39, 0.29) is 18.0 Å². The Labute approximate surface area is 188 Å². The number of hydrogen-bond donors (Lipinski definition) is 2. The minimum Gasteiger partial charge on any atom is -0.491 e. The van der Waals surface area contributed by atoms with E-state index in [4.69, 9.17) is 9.47 Å². The van der Waals surface area contributed by atoms with Crippen LogP contribution in [0.25, 0.3) is 17.0 Å². The van der Waals surface area contributed by atoms with Crippen LogP contribution in [0.15, 0.2) is 36.5 Å².